The van der Waals surface area contributed by atoms with E-state index in [2.05, 4.69) is 4.98 Å². The van der Waals surface area contributed by atoms with Crippen LogP contribution in [0.25, 0.3) is 0 Å². The Bertz CT molecular complexity index is 454. The Morgan fingerprint density at radius 3 is 2.72 bits per heavy atom. The third-order valence-electron chi connectivity index (χ3n) is 2.96. The Kier molecular flexibility index (Phi) is 3.56. The summed E-state index contributed by atoms with van der Waals surface area (Å²) in [4.78, 5) is 6.03. The molecule has 2 N–H and O–H groups in total. The third-order valence-corrected chi connectivity index (χ3v) is 2.96. The zero-order valence-corrected chi connectivity index (χ0v) is 9.74. The SMILES string of the molecule is Nc1cccnc1CN1CC=C(C(F)(F)F)CC1. The largest absolute Gasteiger partial charge is 0.412 e. The predicted octanol–water partition coefficient (Wildman–Crippen LogP) is 2.36. The van der Waals surface area contributed by atoms with E-state index in [1.807, 2.05) is 4.90 Å². The lowest BCUT2D eigenvalue weighted by Gasteiger charge is -2.27. The zero-order valence-electron chi connectivity index (χ0n) is 9.74. The summed E-state index contributed by atoms with van der Waals surface area (Å²) in [5.41, 5.74) is 6.59. The van der Waals surface area contributed by atoms with Crippen molar-refractivity contribution >= 4 is 5.69 Å². The molecule has 0 aromatic carbocycles. The van der Waals surface area contributed by atoms with Gasteiger partial charge in [0.15, 0.2) is 0 Å². The fraction of sp³-hybridized carbons (Fsp3) is 0.417. The highest BCUT2D eigenvalue weighted by atomic mass is 19.4. The summed E-state index contributed by atoms with van der Waals surface area (Å²) in [5.74, 6) is 0. The van der Waals surface area contributed by atoms with Crippen LogP contribution in [0, 0.1) is 0 Å². The number of alkyl halides is 3. The topological polar surface area (TPSA) is 42.1 Å². The predicted molar refractivity (Wildman–Crippen MR) is 62.7 cm³/mol. The molecule has 98 valence electrons. The van der Waals surface area contributed by atoms with Crippen molar-refractivity contribution in [1.29, 1.82) is 0 Å². The number of nitrogen functional groups attached to an aromatic ring is 1. The van der Waals surface area contributed by atoms with Crippen molar-refractivity contribution < 1.29 is 13.2 Å². The van der Waals surface area contributed by atoms with E-state index in [1.165, 1.54) is 6.08 Å². The molecule has 0 atom stereocenters. The minimum Gasteiger partial charge on any atom is -0.397 e. The first-order valence-electron chi connectivity index (χ1n) is 5.65. The second-order valence-corrected chi connectivity index (χ2v) is 4.25. The number of aromatic nitrogens is 1. The van der Waals surface area contributed by atoms with Gasteiger partial charge in [-0.2, -0.15) is 13.2 Å². The average molecular weight is 257 g/mol. The molecule has 0 radical (unpaired) electrons. The molecule has 3 nitrogen and oxygen atoms in total. The van der Waals surface area contributed by atoms with Crippen LogP contribution in [0.4, 0.5) is 18.9 Å². The van der Waals surface area contributed by atoms with Crippen LogP contribution in [0.3, 0.4) is 0 Å². The van der Waals surface area contributed by atoms with Crippen LogP contribution in [0.1, 0.15) is 12.1 Å². The van der Waals surface area contributed by atoms with E-state index in [-0.39, 0.29) is 13.0 Å². The Labute approximate surface area is 103 Å². The van der Waals surface area contributed by atoms with Crippen molar-refractivity contribution in [2.75, 3.05) is 18.8 Å². The lowest BCUT2D eigenvalue weighted by molar-refractivity contribution is -0.0960. The molecule has 0 fully saturated rings. The van der Waals surface area contributed by atoms with Gasteiger partial charge in [0.25, 0.3) is 0 Å². The minimum atomic E-state index is -4.20. The Balaban J connectivity index is 1.99. The monoisotopic (exact) mass is 257 g/mol. The fourth-order valence-electron chi connectivity index (χ4n) is 1.91. The molecular weight excluding hydrogens is 243 g/mol. The normalized spacial score (nSPS) is 17.6. The molecular formula is C12H14F3N3. The average Bonchev–Trinajstić information content (AvgIpc) is 2.32. The fourth-order valence-corrected chi connectivity index (χ4v) is 1.91. The van der Waals surface area contributed by atoms with Crippen molar-refractivity contribution in [3.63, 3.8) is 0 Å². The molecule has 0 aliphatic carbocycles. The maximum absolute atomic E-state index is 12.4. The van der Waals surface area contributed by atoms with Gasteiger partial charge >= 0.3 is 6.18 Å². The number of pyridine rings is 1. The highest BCUT2D eigenvalue weighted by Gasteiger charge is 2.34. The molecule has 2 heterocycles. The molecule has 0 spiro atoms. The van der Waals surface area contributed by atoms with Gasteiger partial charge in [0.1, 0.15) is 0 Å². The molecule has 18 heavy (non-hydrogen) atoms. The summed E-state index contributed by atoms with van der Waals surface area (Å²) in [6.07, 6.45) is -1.30. The number of halogens is 3. The van der Waals surface area contributed by atoms with Crippen LogP contribution in [0.5, 0.6) is 0 Å². The van der Waals surface area contributed by atoms with E-state index in [0.717, 1.165) is 0 Å². The molecule has 0 amide bonds. The third kappa shape index (κ3) is 3.01. The van der Waals surface area contributed by atoms with Gasteiger partial charge in [-0.1, -0.05) is 6.08 Å². The van der Waals surface area contributed by atoms with E-state index in [9.17, 15) is 13.2 Å². The van der Waals surface area contributed by atoms with Crippen molar-refractivity contribution in [2.24, 2.45) is 0 Å². The standard InChI is InChI=1S/C12H14F3N3/c13-12(14,15)9-3-6-18(7-4-9)8-11-10(16)2-1-5-17-11/h1-3,5H,4,6-8,16H2. The molecule has 1 aliphatic rings. The van der Waals surface area contributed by atoms with Crippen LogP contribution < -0.4 is 5.73 Å². The second-order valence-electron chi connectivity index (χ2n) is 4.25. The van der Waals surface area contributed by atoms with Crippen LogP contribution in [-0.4, -0.2) is 29.1 Å². The van der Waals surface area contributed by atoms with Gasteiger partial charge in [-0.15, -0.1) is 0 Å². The van der Waals surface area contributed by atoms with Crippen LogP contribution in [0.2, 0.25) is 0 Å². The summed E-state index contributed by atoms with van der Waals surface area (Å²) in [6, 6.07) is 3.47. The van der Waals surface area contributed by atoms with Gasteiger partial charge < -0.3 is 5.73 Å². The highest BCUT2D eigenvalue weighted by molar-refractivity contribution is 5.41. The zero-order chi connectivity index (χ0) is 13.2. The number of nitrogens with two attached hydrogens (primary N) is 1. The summed E-state index contributed by atoms with van der Waals surface area (Å²) in [7, 11) is 0. The van der Waals surface area contributed by atoms with Crippen LogP contribution >= 0.6 is 0 Å². The van der Waals surface area contributed by atoms with Crippen molar-refractivity contribution in [1.82, 2.24) is 9.88 Å². The van der Waals surface area contributed by atoms with Gasteiger partial charge in [-0.3, -0.25) is 9.88 Å². The van der Waals surface area contributed by atoms with Crippen molar-refractivity contribution in [3.05, 3.63) is 35.7 Å². The summed E-state index contributed by atoms with van der Waals surface area (Å²) in [6.45, 7) is 1.14. The van der Waals surface area contributed by atoms with Gasteiger partial charge in [-0.05, 0) is 18.6 Å². The highest BCUT2D eigenvalue weighted by Crippen LogP contribution is 2.30. The summed E-state index contributed by atoms with van der Waals surface area (Å²) >= 11 is 0. The number of nitrogens with zero attached hydrogens (tertiary/aromatic N) is 2. The van der Waals surface area contributed by atoms with Gasteiger partial charge in [0.05, 0.1) is 11.4 Å². The molecule has 0 bridgehead atoms. The Morgan fingerprint density at radius 1 is 1.39 bits per heavy atom. The lowest BCUT2D eigenvalue weighted by atomic mass is 10.1. The number of anilines is 1. The van der Waals surface area contributed by atoms with E-state index in [1.54, 1.807) is 18.3 Å². The van der Waals surface area contributed by atoms with Gasteiger partial charge in [0.2, 0.25) is 0 Å². The van der Waals surface area contributed by atoms with Crippen LogP contribution in [-0.2, 0) is 6.54 Å². The molecule has 1 aromatic rings. The van der Waals surface area contributed by atoms with Gasteiger partial charge in [-0.25, -0.2) is 0 Å². The first-order chi connectivity index (χ1) is 8.47. The Morgan fingerprint density at radius 2 is 2.17 bits per heavy atom. The second kappa shape index (κ2) is 4.97. The minimum absolute atomic E-state index is 0.0240. The summed E-state index contributed by atoms with van der Waals surface area (Å²) in [5, 5.41) is 0. The lowest BCUT2D eigenvalue weighted by Crippen LogP contribution is -2.32. The van der Waals surface area contributed by atoms with Crippen molar-refractivity contribution in [2.45, 2.75) is 19.1 Å². The van der Waals surface area contributed by atoms with E-state index in [0.29, 0.717) is 24.5 Å². The molecule has 0 saturated carbocycles. The number of hydrogen-bond donors (Lipinski definition) is 1. The summed E-state index contributed by atoms with van der Waals surface area (Å²) < 4.78 is 37.3. The first kappa shape index (κ1) is 12.9. The van der Waals surface area contributed by atoms with E-state index >= 15 is 0 Å². The molecule has 0 unspecified atom stereocenters. The van der Waals surface area contributed by atoms with Gasteiger partial charge in [0, 0.05) is 31.4 Å². The first-order valence-corrected chi connectivity index (χ1v) is 5.65. The molecule has 0 saturated heterocycles. The molecule has 2 rings (SSSR count). The van der Waals surface area contributed by atoms with Crippen molar-refractivity contribution in [3.8, 4) is 0 Å². The number of rotatable bonds is 2. The Hall–Kier alpha value is -1.56. The van der Waals surface area contributed by atoms with E-state index in [4.69, 9.17) is 5.73 Å². The molecule has 6 heteroatoms. The maximum atomic E-state index is 12.4. The van der Waals surface area contributed by atoms with Crippen LogP contribution in [0.15, 0.2) is 30.0 Å². The quantitative estimate of drug-likeness (QED) is 0.827. The molecule has 1 aromatic heterocycles. The molecule has 1 aliphatic heterocycles. The van der Waals surface area contributed by atoms with E-state index < -0.39 is 11.7 Å². The smallest absolute Gasteiger partial charge is 0.397 e. The number of hydrogen-bond acceptors (Lipinski definition) is 3. The maximum Gasteiger partial charge on any atom is 0.412 e.